The lowest BCUT2D eigenvalue weighted by Crippen LogP contribution is -2.20. The van der Waals surface area contributed by atoms with Crippen LogP contribution in [0.2, 0.25) is 0 Å². The van der Waals surface area contributed by atoms with Gasteiger partial charge in [-0.25, -0.2) is 0 Å². The van der Waals surface area contributed by atoms with Crippen molar-refractivity contribution in [2.45, 2.75) is 44.3 Å². The molecule has 5 heteroatoms. The summed E-state index contributed by atoms with van der Waals surface area (Å²) in [6.45, 7) is 2.07. The lowest BCUT2D eigenvalue weighted by Gasteiger charge is -2.22. The molecule has 0 aromatic heterocycles. The normalized spacial score (nSPS) is 13.8. The molecule has 0 saturated carbocycles. The van der Waals surface area contributed by atoms with Gasteiger partial charge in [0.05, 0.1) is 0 Å². The van der Waals surface area contributed by atoms with Crippen LogP contribution >= 0.6 is 0 Å². The van der Waals surface area contributed by atoms with Crippen LogP contribution in [0.15, 0.2) is 91.0 Å². The predicted octanol–water partition coefficient (Wildman–Crippen LogP) is 5.13. The van der Waals surface area contributed by atoms with Gasteiger partial charge in [0.15, 0.2) is 0 Å². The van der Waals surface area contributed by atoms with E-state index in [9.17, 15) is 10.2 Å². The zero-order valence-corrected chi connectivity index (χ0v) is 20.6. The zero-order valence-electron chi connectivity index (χ0n) is 20.6. The molecule has 4 aromatic rings. The number of nitrogens with two attached hydrogens (primary N) is 3. The Kier molecular flexibility index (Phi) is 8.06. The maximum absolute atomic E-state index is 9.60. The van der Waals surface area contributed by atoms with E-state index in [1.807, 2.05) is 24.3 Å². The highest BCUT2D eigenvalue weighted by Crippen LogP contribution is 2.28. The number of hydrogen-bond acceptors (Lipinski definition) is 5. The van der Waals surface area contributed by atoms with Crippen LogP contribution in [0.25, 0.3) is 0 Å². The molecule has 4 aromatic carbocycles. The van der Waals surface area contributed by atoms with Gasteiger partial charge in [-0.2, -0.15) is 0 Å². The SMILES string of the molecule is Cc1ccc(C[C@H](N)c2cc([C@@H](N)Cc3ccc(O)cc3)cc([C@@H](N)Cc3ccc(O)cc3)c2)cc1. The number of phenols is 2. The van der Waals surface area contributed by atoms with Crippen molar-refractivity contribution < 1.29 is 10.2 Å². The molecular weight excluding hydrogens is 446 g/mol. The minimum atomic E-state index is -0.249. The molecule has 0 aliphatic rings. The quantitative estimate of drug-likeness (QED) is 0.227. The lowest BCUT2D eigenvalue weighted by molar-refractivity contribution is 0.474. The highest BCUT2D eigenvalue weighted by Gasteiger charge is 2.17. The average molecular weight is 482 g/mol. The van der Waals surface area contributed by atoms with Gasteiger partial charge in [-0.3, -0.25) is 0 Å². The largest absolute Gasteiger partial charge is 0.508 e. The molecule has 0 aliphatic carbocycles. The molecule has 3 atom stereocenters. The van der Waals surface area contributed by atoms with Crippen LogP contribution in [0, 0.1) is 6.92 Å². The monoisotopic (exact) mass is 481 g/mol. The van der Waals surface area contributed by atoms with Crippen LogP contribution in [0.5, 0.6) is 11.5 Å². The summed E-state index contributed by atoms with van der Waals surface area (Å²) in [6.07, 6.45) is 1.97. The number of benzene rings is 4. The molecule has 8 N–H and O–H groups in total. The van der Waals surface area contributed by atoms with E-state index in [1.165, 1.54) is 11.1 Å². The van der Waals surface area contributed by atoms with Crippen LogP contribution in [0.1, 0.15) is 57.1 Å². The lowest BCUT2D eigenvalue weighted by atomic mass is 9.89. The molecule has 186 valence electrons. The van der Waals surface area contributed by atoms with E-state index < -0.39 is 0 Å². The highest BCUT2D eigenvalue weighted by molar-refractivity contribution is 5.38. The molecule has 0 aliphatic heterocycles. The van der Waals surface area contributed by atoms with Crippen molar-refractivity contribution in [2.24, 2.45) is 17.2 Å². The molecule has 0 amide bonds. The fourth-order valence-corrected chi connectivity index (χ4v) is 4.45. The van der Waals surface area contributed by atoms with Gasteiger partial charge in [-0.05, 0) is 83.8 Å². The highest BCUT2D eigenvalue weighted by atomic mass is 16.3. The molecule has 0 saturated heterocycles. The van der Waals surface area contributed by atoms with Crippen molar-refractivity contribution in [2.75, 3.05) is 0 Å². The van der Waals surface area contributed by atoms with Crippen LogP contribution in [-0.4, -0.2) is 10.2 Å². The topological polar surface area (TPSA) is 119 Å². The summed E-state index contributed by atoms with van der Waals surface area (Å²) in [4.78, 5) is 0. The van der Waals surface area contributed by atoms with Crippen LogP contribution in [-0.2, 0) is 19.3 Å². The summed E-state index contributed by atoms with van der Waals surface area (Å²) < 4.78 is 0. The summed E-state index contributed by atoms with van der Waals surface area (Å²) in [7, 11) is 0. The van der Waals surface area contributed by atoms with Crippen molar-refractivity contribution in [1.29, 1.82) is 0 Å². The van der Waals surface area contributed by atoms with Gasteiger partial charge in [0.25, 0.3) is 0 Å². The number of rotatable bonds is 9. The summed E-state index contributed by atoms with van der Waals surface area (Å²) in [6, 6.07) is 28.3. The maximum Gasteiger partial charge on any atom is 0.115 e. The summed E-state index contributed by atoms with van der Waals surface area (Å²) >= 11 is 0. The molecular formula is C31H35N3O2. The number of aromatic hydroxyl groups is 2. The number of phenolic OH excluding ortho intramolecular Hbond substituents is 2. The van der Waals surface area contributed by atoms with Crippen molar-refractivity contribution in [3.05, 3.63) is 130 Å². The van der Waals surface area contributed by atoms with E-state index >= 15 is 0 Å². The van der Waals surface area contributed by atoms with E-state index in [0.29, 0.717) is 19.3 Å². The first-order chi connectivity index (χ1) is 17.3. The Morgan fingerprint density at radius 3 is 1.08 bits per heavy atom. The standard InChI is InChI=1S/C31H35N3O2/c1-20-2-4-21(5-3-20)14-29(32)24-17-25(30(33)15-22-6-10-27(35)11-7-22)19-26(18-24)31(34)16-23-8-12-28(36)13-9-23/h2-13,17-19,29-31,35-36H,14-16,32-34H2,1H3/t29-,30-,31-/m0/s1. The van der Waals surface area contributed by atoms with E-state index in [1.54, 1.807) is 24.3 Å². The van der Waals surface area contributed by atoms with E-state index in [4.69, 9.17) is 17.2 Å². The predicted molar refractivity (Wildman–Crippen MR) is 146 cm³/mol. The van der Waals surface area contributed by atoms with Gasteiger partial charge >= 0.3 is 0 Å². The van der Waals surface area contributed by atoms with Gasteiger partial charge in [0.2, 0.25) is 0 Å². The third-order valence-electron chi connectivity index (χ3n) is 6.64. The third kappa shape index (κ3) is 6.73. The van der Waals surface area contributed by atoms with Crippen LogP contribution in [0.4, 0.5) is 0 Å². The Morgan fingerprint density at radius 1 is 0.500 bits per heavy atom. The van der Waals surface area contributed by atoms with Gasteiger partial charge in [0, 0.05) is 18.1 Å². The minimum absolute atomic E-state index is 0.201. The van der Waals surface area contributed by atoms with Crippen LogP contribution < -0.4 is 17.2 Å². The summed E-state index contributed by atoms with van der Waals surface area (Å²) in [5.74, 6) is 0.470. The van der Waals surface area contributed by atoms with Crippen LogP contribution in [0.3, 0.4) is 0 Å². The van der Waals surface area contributed by atoms with Gasteiger partial charge in [-0.1, -0.05) is 72.3 Å². The van der Waals surface area contributed by atoms with E-state index in [2.05, 4.69) is 49.4 Å². The zero-order chi connectivity index (χ0) is 25.7. The molecule has 4 rings (SSSR count). The second-order valence-electron chi connectivity index (χ2n) is 9.68. The summed E-state index contributed by atoms with van der Waals surface area (Å²) in [5, 5.41) is 19.2. The smallest absolute Gasteiger partial charge is 0.115 e. The van der Waals surface area contributed by atoms with Crippen molar-refractivity contribution >= 4 is 0 Å². The fourth-order valence-electron chi connectivity index (χ4n) is 4.45. The maximum atomic E-state index is 9.60. The second kappa shape index (κ2) is 11.4. The van der Waals surface area contributed by atoms with Crippen molar-refractivity contribution in [3.8, 4) is 11.5 Å². The molecule has 36 heavy (non-hydrogen) atoms. The molecule has 0 spiro atoms. The first kappa shape index (κ1) is 25.5. The van der Waals surface area contributed by atoms with Crippen molar-refractivity contribution in [1.82, 2.24) is 0 Å². The fraction of sp³-hybridized carbons (Fsp3) is 0.226. The van der Waals surface area contributed by atoms with Gasteiger partial charge < -0.3 is 27.4 Å². The van der Waals surface area contributed by atoms with E-state index in [0.717, 1.165) is 27.8 Å². The molecule has 0 bridgehead atoms. The molecule has 5 nitrogen and oxygen atoms in total. The first-order valence-corrected chi connectivity index (χ1v) is 12.3. The molecule has 0 heterocycles. The van der Waals surface area contributed by atoms with Gasteiger partial charge in [-0.15, -0.1) is 0 Å². The molecule has 0 unspecified atom stereocenters. The summed E-state index contributed by atoms with van der Waals surface area (Å²) in [5.41, 5.74) is 27.5. The third-order valence-corrected chi connectivity index (χ3v) is 6.64. The Labute approximate surface area is 213 Å². The Bertz CT molecular complexity index is 1100. The van der Waals surface area contributed by atoms with E-state index in [-0.39, 0.29) is 29.6 Å². The average Bonchev–Trinajstić information content (AvgIpc) is 2.87. The number of hydrogen-bond donors (Lipinski definition) is 5. The molecule has 0 radical (unpaired) electrons. The second-order valence-corrected chi connectivity index (χ2v) is 9.68. The first-order valence-electron chi connectivity index (χ1n) is 12.3. The van der Waals surface area contributed by atoms with Crippen molar-refractivity contribution in [3.63, 3.8) is 0 Å². The Hall–Kier alpha value is -3.64. The van der Waals surface area contributed by atoms with Gasteiger partial charge in [0.1, 0.15) is 11.5 Å². The molecule has 0 fully saturated rings. The minimum Gasteiger partial charge on any atom is -0.508 e. The Balaban J connectivity index is 1.62. The Morgan fingerprint density at radius 2 is 0.778 bits per heavy atom. The number of aryl methyl sites for hydroxylation is 1.